The smallest absolute Gasteiger partial charge is 0.409 e. The van der Waals surface area contributed by atoms with Crippen LogP contribution in [0.2, 0.25) is 0 Å². The van der Waals surface area contributed by atoms with E-state index < -0.39 is 4.92 Å². The zero-order chi connectivity index (χ0) is 14.5. The highest BCUT2D eigenvalue weighted by Gasteiger charge is 2.24. The molecule has 1 unspecified atom stereocenters. The second-order valence-corrected chi connectivity index (χ2v) is 4.56. The number of hydrogen-bond donors (Lipinski definition) is 1. The second-order valence-electron chi connectivity index (χ2n) is 4.56. The maximum atomic E-state index is 11.5. The Labute approximate surface area is 115 Å². The lowest BCUT2D eigenvalue weighted by Crippen LogP contribution is -2.45. The molecule has 0 spiro atoms. The molecule has 1 aromatic rings. The van der Waals surface area contributed by atoms with Crippen LogP contribution >= 0.6 is 0 Å². The Morgan fingerprint density at radius 2 is 2.40 bits per heavy atom. The van der Waals surface area contributed by atoms with Crippen LogP contribution in [0.1, 0.15) is 12.8 Å². The lowest BCUT2D eigenvalue weighted by Gasteiger charge is -2.32. The minimum atomic E-state index is -0.490. The molecule has 0 aliphatic carbocycles. The van der Waals surface area contributed by atoms with Crippen molar-refractivity contribution in [3.8, 4) is 0 Å². The second kappa shape index (κ2) is 6.18. The minimum absolute atomic E-state index is 0.0459. The van der Waals surface area contributed by atoms with Crippen molar-refractivity contribution in [3.05, 3.63) is 28.4 Å². The van der Waals surface area contributed by atoms with E-state index in [-0.39, 0.29) is 17.8 Å². The third-order valence-corrected chi connectivity index (χ3v) is 3.16. The average Bonchev–Trinajstić information content (AvgIpc) is 2.47. The van der Waals surface area contributed by atoms with Gasteiger partial charge in [0.25, 0.3) is 5.69 Å². The van der Waals surface area contributed by atoms with E-state index in [0.717, 1.165) is 12.8 Å². The molecule has 2 rings (SSSR count). The standard InChI is InChI=1S/C12H16N4O4/c1-20-12(17)15-6-2-3-9(8-15)14-11-5-4-10(7-13-11)16(18)19/h4-5,7,9H,2-3,6,8H2,1H3,(H,13,14). The molecular weight excluding hydrogens is 264 g/mol. The van der Waals surface area contributed by atoms with Crippen LogP contribution in [0.3, 0.4) is 0 Å². The lowest BCUT2D eigenvalue weighted by molar-refractivity contribution is -0.385. The highest BCUT2D eigenvalue weighted by Crippen LogP contribution is 2.17. The SMILES string of the molecule is COC(=O)N1CCCC(Nc2ccc([N+](=O)[O-])cn2)C1. The number of nitrogens with one attached hydrogen (secondary N) is 1. The van der Waals surface area contributed by atoms with Gasteiger partial charge >= 0.3 is 6.09 Å². The van der Waals surface area contributed by atoms with Crippen LogP contribution in [0, 0.1) is 10.1 Å². The minimum Gasteiger partial charge on any atom is -0.453 e. The van der Waals surface area contributed by atoms with E-state index in [9.17, 15) is 14.9 Å². The number of amides is 1. The maximum absolute atomic E-state index is 11.5. The summed E-state index contributed by atoms with van der Waals surface area (Å²) >= 11 is 0. The van der Waals surface area contributed by atoms with Gasteiger partial charge in [-0.3, -0.25) is 10.1 Å². The number of piperidine rings is 1. The van der Waals surface area contributed by atoms with Crippen LogP contribution in [-0.4, -0.2) is 47.1 Å². The van der Waals surface area contributed by atoms with Crippen molar-refractivity contribution >= 4 is 17.6 Å². The van der Waals surface area contributed by atoms with E-state index in [1.54, 1.807) is 11.0 Å². The van der Waals surface area contributed by atoms with E-state index in [2.05, 4.69) is 10.3 Å². The fourth-order valence-electron chi connectivity index (χ4n) is 2.18. The van der Waals surface area contributed by atoms with Crippen molar-refractivity contribution in [1.29, 1.82) is 0 Å². The summed E-state index contributed by atoms with van der Waals surface area (Å²) in [6.07, 6.45) is 2.66. The Hall–Kier alpha value is -2.38. The number of rotatable bonds is 3. The van der Waals surface area contributed by atoms with Gasteiger partial charge in [-0.15, -0.1) is 0 Å². The summed E-state index contributed by atoms with van der Waals surface area (Å²) in [5.41, 5.74) is -0.0459. The Balaban J connectivity index is 1.95. The molecule has 108 valence electrons. The molecule has 20 heavy (non-hydrogen) atoms. The molecular formula is C12H16N4O4. The van der Waals surface area contributed by atoms with Gasteiger partial charge in [0.15, 0.2) is 0 Å². The van der Waals surface area contributed by atoms with Gasteiger partial charge in [0.05, 0.1) is 12.0 Å². The zero-order valence-corrected chi connectivity index (χ0v) is 11.1. The van der Waals surface area contributed by atoms with Gasteiger partial charge in [-0.1, -0.05) is 0 Å². The summed E-state index contributed by atoms with van der Waals surface area (Å²) in [6, 6.07) is 3.03. The number of nitro groups is 1. The van der Waals surface area contributed by atoms with Crippen LogP contribution in [0.15, 0.2) is 18.3 Å². The van der Waals surface area contributed by atoms with Crippen LogP contribution in [-0.2, 0) is 4.74 Å². The van der Waals surface area contributed by atoms with Gasteiger partial charge in [0, 0.05) is 25.2 Å². The summed E-state index contributed by atoms with van der Waals surface area (Å²) in [4.78, 5) is 27.1. The van der Waals surface area contributed by atoms with Crippen molar-refractivity contribution in [2.45, 2.75) is 18.9 Å². The van der Waals surface area contributed by atoms with Crippen molar-refractivity contribution in [3.63, 3.8) is 0 Å². The number of nitrogens with zero attached hydrogens (tertiary/aromatic N) is 3. The first-order chi connectivity index (χ1) is 9.60. The van der Waals surface area contributed by atoms with E-state index in [0.29, 0.717) is 18.9 Å². The largest absolute Gasteiger partial charge is 0.453 e. The van der Waals surface area contributed by atoms with Gasteiger partial charge in [0.2, 0.25) is 0 Å². The Bertz CT molecular complexity index is 491. The van der Waals surface area contributed by atoms with E-state index in [4.69, 9.17) is 4.74 Å². The predicted molar refractivity (Wildman–Crippen MR) is 71.5 cm³/mol. The number of likely N-dealkylation sites (tertiary alicyclic amines) is 1. The monoisotopic (exact) mass is 280 g/mol. The fraction of sp³-hybridized carbons (Fsp3) is 0.500. The van der Waals surface area contributed by atoms with E-state index >= 15 is 0 Å². The number of aromatic nitrogens is 1. The number of carbonyl (C=O) groups excluding carboxylic acids is 1. The summed E-state index contributed by atoms with van der Waals surface area (Å²) in [7, 11) is 1.36. The highest BCUT2D eigenvalue weighted by atomic mass is 16.6. The zero-order valence-electron chi connectivity index (χ0n) is 11.1. The molecule has 1 amide bonds. The number of pyridine rings is 1. The molecule has 1 aliphatic heterocycles. The number of methoxy groups -OCH3 is 1. The molecule has 1 fully saturated rings. The van der Waals surface area contributed by atoms with E-state index in [1.165, 1.54) is 19.4 Å². The first-order valence-electron chi connectivity index (χ1n) is 6.30. The first kappa shape index (κ1) is 14.0. The normalized spacial score (nSPS) is 18.4. The molecule has 1 atom stereocenters. The van der Waals surface area contributed by atoms with Gasteiger partial charge < -0.3 is 15.0 Å². The van der Waals surface area contributed by atoms with Crippen molar-refractivity contribution < 1.29 is 14.5 Å². The van der Waals surface area contributed by atoms with Crippen molar-refractivity contribution in [2.75, 3.05) is 25.5 Å². The van der Waals surface area contributed by atoms with Crippen LogP contribution in [0.4, 0.5) is 16.3 Å². The third-order valence-electron chi connectivity index (χ3n) is 3.16. The quantitative estimate of drug-likeness (QED) is 0.667. The third kappa shape index (κ3) is 3.34. The predicted octanol–water partition coefficient (Wildman–Crippen LogP) is 1.63. The number of anilines is 1. The molecule has 1 N–H and O–H groups in total. The molecule has 1 aliphatic rings. The molecule has 0 bridgehead atoms. The molecule has 2 heterocycles. The van der Waals surface area contributed by atoms with Crippen molar-refractivity contribution in [2.24, 2.45) is 0 Å². The number of ether oxygens (including phenoxy) is 1. The Kier molecular flexibility index (Phi) is 4.34. The molecule has 0 radical (unpaired) electrons. The fourth-order valence-corrected chi connectivity index (χ4v) is 2.18. The maximum Gasteiger partial charge on any atom is 0.409 e. The molecule has 1 aromatic heterocycles. The lowest BCUT2D eigenvalue weighted by atomic mass is 10.1. The van der Waals surface area contributed by atoms with Gasteiger partial charge in [-0.25, -0.2) is 9.78 Å². The Morgan fingerprint density at radius 3 is 3.00 bits per heavy atom. The van der Waals surface area contributed by atoms with Crippen molar-refractivity contribution in [1.82, 2.24) is 9.88 Å². The highest BCUT2D eigenvalue weighted by molar-refractivity contribution is 5.67. The summed E-state index contributed by atoms with van der Waals surface area (Å²) < 4.78 is 4.70. The average molecular weight is 280 g/mol. The molecule has 0 aromatic carbocycles. The van der Waals surface area contributed by atoms with Gasteiger partial charge in [-0.05, 0) is 18.9 Å². The van der Waals surface area contributed by atoms with E-state index in [1.807, 2.05) is 0 Å². The first-order valence-corrected chi connectivity index (χ1v) is 6.30. The van der Waals surface area contributed by atoms with Crippen LogP contribution in [0.25, 0.3) is 0 Å². The van der Waals surface area contributed by atoms with Gasteiger partial charge in [0.1, 0.15) is 12.0 Å². The summed E-state index contributed by atoms with van der Waals surface area (Å²) in [5, 5.41) is 13.7. The molecule has 0 saturated carbocycles. The summed E-state index contributed by atoms with van der Waals surface area (Å²) in [5.74, 6) is 0.562. The van der Waals surface area contributed by atoms with Crippen LogP contribution in [0.5, 0.6) is 0 Å². The number of hydrogen-bond acceptors (Lipinski definition) is 6. The number of carbonyl (C=O) groups is 1. The topological polar surface area (TPSA) is 97.6 Å². The molecule has 1 saturated heterocycles. The Morgan fingerprint density at radius 1 is 1.60 bits per heavy atom. The summed E-state index contributed by atoms with van der Waals surface area (Å²) in [6.45, 7) is 1.21. The van der Waals surface area contributed by atoms with Crippen LogP contribution < -0.4 is 5.32 Å². The molecule has 8 nitrogen and oxygen atoms in total. The molecule has 8 heteroatoms. The van der Waals surface area contributed by atoms with Gasteiger partial charge in [-0.2, -0.15) is 0 Å².